The number of anilines is 1. The Balaban J connectivity index is 1.44. The van der Waals surface area contributed by atoms with Crippen LogP contribution in [0.25, 0.3) is 0 Å². The van der Waals surface area contributed by atoms with Gasteiger partial charge in [0.1, 0.15) is 5.54 Å². The van der Waals surface area contributed by atoms with Crippen LogP contribution in [-0.4, -0.2) is 50.7 Å². The number of aromatic amines is 1. The van der Waals surface area contributed by atoms with Gasteiger partial charge in [0.2, 0.25) is 5.91 Å². The number of likely N-dealkylation sites (tertiary alicyclic amines) is 1. The molecule has 2 aromatic rings. The third-order valence-corrected chi connectivity index (χ3v) is 5.48. The summed E-state index contributed by atoms with van der Waals surface area (Å²) in [7, 11) is 0. The Morgan fingerprint density at radius 2 is 2.25 bits per heavy atom. The minimum absolute atomic E-state index is 0.128. The number of hydrogen-bond donors (Lipinski definition) is 3. The van der Waals surface area contributed by atoms with Gasteiger partial charge in [0.05, 0.1) is 6.20 Å². The SMILES string of the molecule is O=C(NC1CC1)C1(Nc2nccs2)CCN(Cc2cn[nH]c2)CC1. The maximum absolute atomic E-state index is 12.9. The molecule has 1 aliphatic carbocycles. The summed E-state index contributed by atoms with van der Waals surface area (Å²) in [6, 6.07) is 0.372. The first-order valence-corrected chi connectivity index (χ1v) is 9.30. The molecule has 2 aromatic heterocycles. The topological polar surface area (TPSA) is 85.9 Å². The van der Waals surface area contributed by atoms with Crippen molar-refractivity contribution in [2.45, 2.75) is 43.8 Å². The van der Waals surface area contributed by atoms with E-state index in [2.05, 4.69) is 30.7 Å². The fraction of sp³-hybridized carbons (Fsp3) is 0.562. The number of nitrogens with zero attached hydrogens (tertiary/aromatic N) is 3. The van der Waals surface area contributed by atoms with E-state index in [4.69, 9.17) is 0 Å². The van der Waals surface area contributed by atoms with E-state index in [-0.39, 0.29) is 5.91 Å². The van der Waals surface area contributed by atoms with E-state index in [0.29, 0.717) is 6.04 Å². The van der Waals surface area contributed by atoms with Crippen molar-refractivity contribution in [2.75, 3.05) is 18.4 Å². The van der Waals surface area contributed by atoms with Crippen LogP contribution in [0.3, 0.4) is 0 Å². The average molecular weight is 346 g/mol. The van der Waals surface area contributed by atoms with Crippen molar-refractivity contribution < 1.29 is 4.79 Å². The Hall–Kier alpha value is -1.93. The van der Waals surface area contributed by atoms with Gasteiger partial charge in [-0.2, -0.15) is 5.10 Å². The van der Waals surface area contributed by atoms with Crippen LogP contribution in [0, 0.1) is 0 Å². The summed E-state index contributed by atoms with van der Waals surface area (Å²) in [4.78, 5) is 19.6. The first-order chi connectivity index (χ1) is 11.7. The maximum Gasteiger partial charge on any atom is 0.246 e. The number of thiazole rings is 1. The minimum atomic E-state index is -0.548. The monoisotopic (exact) mass is 346 g/mol. The molecule has 3 heterocycles. The van der Waals surface area contributed by atoms with Gasteiger partial charge in [-0.05, 0) is 25.7 Å². The van der Waals surface area contributed by atoms with Crippen molar-refractivity contribution in [3.05, 3.63) is 29.5 Å². The zero-order valence-corrected chi connectivity index (χ0v) is 14.3. The summed E-state index contributed by atoms with van der Waals surface area (Å²) in [5.41, 5.74) is 0.630. The van der Waals surface area contributed by atoms with Crippen molar-refractivity contribution in [1.82, 2.24) is 25.4 Å². The van der Waals surface area contributed by atoms with E-state index < -0.39 is 5.54 Å². The Morgan fingerprint density at radius 3 is 2.88 bits per heavy atom. The van der Waals surface area contributed by atoms with Crippen LogP contribution in [0.15, 0.2) is 24.0 Å². The van der Waals surface area contributed by atoms with Gasteiger partial charge in [-0.15, -0.1) is 11.3 Å². The highest BCUT2D eigenvalue weighted by Crippen LogP contribution is 2.30. The summed E-state index contributed by atoms with van der Waals surface area (Å²) in [6.07, 6.45) is 9.32. The largest absolute Gasteiger partial charge is 0.351 e. The second-order valence-electron chi connectivity index (χ2n) is 6.67. The molecule has 24 heavy (non-hydrogen) atoms. The summed E-state index contributed by atoms with van der Waals surface area (Å²) in [5, 5.41) is 16.2. The summed E-state index contributed by atoms with van der Waals surface area (Å²) < 4.78 is 0. The van der Waals surface area contributed by atoms with Crippen LogP contribution in [0.5, 0.6) is 0 Å². The van der Waals surface area contributed by atoms with E-state index in [1.165, 1.54) is 5.56 Å². The molecule has 0 bridgehead atoms. The first kappa shape index (κ1) is 15.6. The predicted molar refractivity (Wildman–Crippen MR) is 92.7 cm³/mol. The molecule has 0 unspecified atom stereocenters. The lowest BCUT2D eigenvalue weighted by Gasteiger charge is -2.41. The van der Waals surface area contributed by atoms with Crippen molar-refractivity contribution in [2.24, 2.45) is 0 Å². The zero-order chi connectivity index (χ0) is 16.4. The molecule has 1 amide bonds. The summed E-state index contributed by atoms with van der Waals surface area (Å²) in [6.45, 7) is 2.62. The number of piperidine rings is 1. The van der Waals surface area contributed by atoms with Gasteiger partial charge in [0.15, 0.2) is 5.13 Å². The lowest BCUT2D eigenvalue weighted by atomic mass is 9.86. The Labute approximate surface area is 144 Å². The number of carbonyl (C=O) groups is 1. The number of nitrogens with one attached hydrogen (secondary N) is 3. The molecule has 1 saturated carbocycles. The zero-order valence-electron chi connectivity index (χ0n) is 13.5. The first-order valence-electron chi connectivity index (χ1n) is 8.42. The molecule has 128 valence electrons. The molecular formula is C16H22N6OS. The molecule has 0 aromatic carbocycles. The van der Waals surface area contributed by atoms with Gasteiger partial charge < -0.3 is 10.6 Å². The Bertz CT molecular complexity index is 659. The number of amides is 1. The van der Waals surface area contributed by atoms with Crippen molar-refractivity contribution in [3.63, 3.8) is 0 Å². The molecule has 2 fully saturated rings. The van der Waals surface area contributed by atoms with E-state index in [1.54, 1.807) is 17.5 Å². The standard InChI is InChI=1S/C16H22N6OS/c23-14(20-13-1-2-13)16(21-15-17-5-8-24-15)3-6-22(7-4-16)11-12-9-18-19-10-12/h5,8-10,13H,1-4,6-7,11H2,(H,17,21)(H,18,19)(H,20,23). The highest BCUT2D eigenvalue weighted by atomic mass is 32.1. The molecule has 1 saturated heterocycles. The highest BCUT2D eigenvalue weighted by Gasteiger charge is 2.43. The van der Waals surface area contributed by atoms with Crippen molar-refractivity contribution >= 4 is 22.4 Å². The van der Waals surface area contributed by atoms with Crippen LogP contribution in [-0.2, 0) is 11.3 Å². The van der Waals surface area contributed by atoms with Gasteiger partial charge in [-0.25, -0.2) is 4.98 Å². The van der Waals surface area contributed by atoms with E-state index in [1.807, 2.05) is 17.8 Å². The van der Waals surface area contributed by atoms with E-state index in [9.17, 15) is 4.79 Å². The molecule has 4 rings (SSSR count). The number of hydrogen-bond acceptors (Lipinski definition) is 6. The quantitative estimate of drug-likeness (QED) is 0.739. The number of carbonyl (C=O) groups excluding carboxylic acids is 1. The van der Waals surface area contributed by atoms with Crippen molar-refractivity contribution in [3.8, 4) is 0 Å². The lowest BCUT2D eigenvalue weighted by molar-refractivity contribution is -0.127. The second kappa shape index (κ2) is 6.52. The Morgan fingerprint density at radius 1 is 1.42 bits per heavy atom. The smallest absolute Gasteiger partial charge is 0.246 e. The molecule has 2 aliphatic rings. The molecular weight excluding hydrogens is 324 g/mol. The van der Waals surface area contributed by atoms with E-state index >= 15 is 0 Å². The lowest BCUT2D eigenvalue weighted by Crippen LogP contribution is -2.58. The molecule has 0 atom stereocenters. The van der Waals surface area contributed by atoms with Gasteiger partial charge in [-0.1, -0.05) is 0 Å². The van der Waals surface area contributed by atoms with Gasteiger partial charge >= 0.3 is 0 Å². The normalized spacial score (nSPS) is 20.7. The van der Waals surface area contributed by atoms with Crippen LogP contribution in [0.4, 0.5) is 5.13 Å². The number of aromatic nitrogens is 3. The molecule has 8 heteroatoms. The molecule has 3 N–H and O–H groups in total. The van der Waals surface area contributed by atoms with Crippen LogP contribution >= 0.6 is 11.3 Å². The van der Waals surface area contributed by atoms with Crippen LogP contribution in [0.1, 0.15) is 31.2 Å². The van der Waals surface area contributed by atoms with E-state index in [0.717, 1.165) is 50.4 Å². The van der Waals surface area contributed by atoms with Gasteiger partial charge in [-0.3, -0.25) is 14.8 Å². The molecule has 7 nitrogen and oxygen atoms in total. The fourth-order valence-electron chi connectivity index (χ4n) is 3.17. The van der Waals surface area contributed by atoms with Gasteiger partial charge in [0.25, 0.3) is 0 Å². The van der Waals surface area contributed by atoms with Crippen LogP contribution in [0.2, 0.25) is 0 Å². The average Bonchev–Trinajstić information content (AvgIpc) is 3.03. The maximum atomic E-state index is 12.9. The third kappa shape index (κ3) is 3.44. The fourth-order valence-corrected chi connectivity index (χ4v) is 3.79. The third-order valence-electron chi connectivity index (χ3n) is 4.80. The molecule has 1 aliphatic heterocycles. The number of rotatable bonds is 6. The minimum Gasteiger partial charge on any atom is -0.351 e. The highest BCUT2D eigenvalue weighted by molar-refractivity contribution is 7.13. The Kier molecular flexibility index (Phi) is 4.24. The second-order valence-corrected chi connectivity index (χ2v) is 7.57. The van der Waals surface area contributed by atoms with Gasteiger partial charge in [0, 0.05) is 49.0 Å². The molecule has 0 spiro atoms. The molecule has 0 radical (unpaired) electrons. The predicted octanol–water partition coefficient (Wildman–Crippen LogP) is 1.59. The summed E-state index contributed by atoms with van der Waals surface area (Å²) >= 11 is 1.54. The van der Waals surface area contributed by atoms with Crippen LogP contribution < -0.4 is 10.6 Å². The van der Waals surface area contributed by atoms with Crippen molar-refractivity contribution in [1.29, 1.82) is 0 Å². The summed E-state index contributed by atoms with van der Waals surface area (Å²) in [5.74, 6) is 0.128. The number of H-pyrrole nitrogens is 1.